The van der Waals surface area contributed by atoms with Gasteiger partial charge in [-0.2, -0.15) is 11.8 Å². The van der Waals surface area contributed by atoms with Crippen molar-refractivity contribution in [3.63, 3.8) is 0 Å². The van der Waals surface area contributed by atoms with Gasteiger partial charge in [-0.1, -0.05) is 12.8 Å². The Morgan fingerprint density at radius 2 is 1.78 bits per heavy atom. The van der Waals surface area contributed by atoms with Gasteiger partial charge < -0.3 is 10.6 Å². The third-order valence-corrected chi connectivity index (χ3v) is 3.31. The normalized spacial score (nSPS) is 13.4. The highest BCUT2D eigenvalue weighted by Gasteiger charge is 2.18. The maximum Gasteiger partial charge on any atom is 0.237 e. The van der Waals surface area contributed by atoms with Crippen LogP contribution >= 0.6 is 11.8 Å². The van der Waals surface area contributed by atoms with Gasteiger partial charge in [-0.3, -0.25) is 4.79 Å². The summed E-state index contributed by atoms with van der Waals surface area (Å²) in [6.45, 7) is 8.86. The van der Waals surface area contributed by atoms with Crippen molar-refractivity contribution >= 4 is 17.7 Å². The molecule has 108 valence electrons. The molecule has 0 bridgehead atoms. The van der Waals surface area contributed by atoms with Crippen LogP contribution in [0.15, 0.2) is 0 Å². The van der Waals surface area contributed by atoms with Crippen molar-refractivity contribution in [1.82, 2.24) is 10.6 Å². The lowest BCUT2D eigenvalue weighted by molar-refractivity contribution is -0.124. The van der Waals surface area contributed by atoms with E-state index in [-0.39, 0.29) is 17.5 Å². The first-order valence-corrected chi connectivity index (χ1v) is 8.30. The molecular weight excluding hydrogens is 244 g/mol. The third-order valence-electron chi connectivity index (χ3n) is 2.62. The molecule has 4 heteroatoms. The highest BCUT2D eigenvalue weighted by atomic mass is 32.2. The molecule has 2 N–H and O–H groups in total. The Hall–Kier alpha value is -0.220. The summed E-state index contributed by atoms with van der Waals surface area (Å²) in [7, 11) is 0. The number of nitrogens with one attached hydrogen (secondary N) is 2. The first-order chi connectivity index (χ1) is 8.37. The number of rotatable bonds is 9. The van der Waals surface area contributed by atoms with Crippen LogP contribution in [-0.4, -0.2) is 36.0 Å². The molecule has 0 aromatic rings. The molecule has 0 aliphatic carbocycles. The molecule has 0 aromatic heterocycles. The fourth-order valence-electron chi connectivity index (χ4n) is 1.61. The Balaban J connectivity index is 3.52. The Labute approximate surface area is 117 Å². The Morgan fingerprint density at radius 1 is 1.17 bits per heavy atom. The van der Waals surface area contributed by atoms with Crippen LogP contribution in [0.4, 0.5) is 0 Å². The van der Waals surface area contributed by atoms with Crippen molar-refractivity contribution in [2.45, 2.75) is 65.0 Å². The fourth-order valence-corrected chi connectivity index (χ4v) is 2.11. The van der Waals surface area contributed by atoms with Gasteiger partial charge in [0.1, 0.15) is 0 Å². The van der Waals surface area contributed by atoms with E-state index in [1.54, 1.807) is 0 Å². The van der Waals surface area contributed by atoms with Gasteiger partial charge in [-0.25, -0.2) is 0 Å². The molecule has 0 saturated heterocycles. The number of carbonyl (C=O) groups excluding carboxylic acids is 1. The molecule has 0 heterocycles. The molecule has 0 spiro atoms. The zero-order chi connectivity index (χ0) is 14.0. The second kappa shape index (κ2) is 9.68. The summed E-state index contributed by atoms with van der Waals surface area (Å²) in [5.74, 6) is 1.35. The highest BCUT2D eigenvalue weighted by molar-refractivity contribution is 7.98. The minimum atomic E-state index is -0.148. The summed E-state index contributed by atoms with van der Waals surface area (Å²) in [4.78, 5) is 11.8. The number of unbranched alkanes of at least 4 members (excludes halogenated alkanes) is 3. The van der Waals surface area contributed by atoms with Gasteiger partial charge in [0.25, 0.3) is 0 Å². The van der Waals surface area contributed by atoms with Gasteiger partial charge in [0, 0.05) is 5.54 Å². The van der Waals surface area contributed by atoms with Crippen LogP contribution in [-0.2, 0) is 4.79 Å². The van der Waals surface area contributed by atoms with E-state index in [2.05, 4.69) is 16.9 Å². The molecule has 0 aliphatic heterocycles. The zero-order valence-electron chi connectivity index (χ0n) is 12.6. The van der Waals surface area contributed by atoms with Gasteiger partial charge >= 0.3 is 0 Å². The van der Waals surface area contributed by atoms with Crippen molar-refractivity contribution in [1.29, 1.82) is 0 Å². The number of carbonyl (C=O) groups is 1. The van der Waals surface area contributed by atoms with Gasteiger partial charge in [0.05, 0.1) is 6.04 Å². The topological polar surface area (TPSA) is 41.1 Å². The molecule has 0 saturated carbocycles. The minimum Gasteiger partial charge on any atom is -0.350 e. The first-order valence-electron chi connectivity index (χ1n) is 6.91. The molecule has 3 nitrogen and oxygen atoms in total. The van der Waals surface area contributed by atoms with Crippen LogP contribution in [0.3, 0.4) is 0 Å². The van der Waals surface area contributed by atoms with Crippen molar-refractivity contribution in [3.05, 3.63) is 0 Å². The predicted octanol–water partition coefficient (Wildman–Crippen LogP) is 2.80. The molecule has 0 fully saturated rings. The van der Waals surface area contributed by atoms with Crippen molar-refractivity contribution in [3.8, 4) is 0 Å². The largest absolute Gasteiger partial charge is 0.350 e. The Bertz CT molecular complexity index is 226. The number of thioether (sulfide) groups is 1. The van der Waals surface area contributed by atoms with Crippen LogP contribution in [0, 0.1) is 0 Å². The summed E-state index contributed by atoms with van der Waals surface area (Å²) in [5.41, 5.74) is -0.148. The Kier molecular flexibility index (Phi) is 9.56. The van der Waals surface area contributed by atoms with E-state index < -0.39 is 0 Å². The SMILES string of the molecule is CSCCCCCCNC(C)C(=O)NC(C)(C)C. The lowest BCUT2D eigenvalue weighted by Crippen LogP contribution is -2.49. The van der Waals surface area contributed by atoms with Crippen molar-refractivity contribution in [2.24, 2.45) is 0 Å². The van der Waals surface area contributed by atoms with Crippen LogP contribution in [0.5, 0.6) is 0 Å². The molecule has 1 unspecified atom stereocenters. The average Bonchev–Trinajstić information content (AvgIpc) is 2.25. The van der Waals surface area contributed by atoms with Gasteiger partial charge in [-0.15, -0.1) is 0 Å². The van der Waals surface area contributed by atoms with Crippen molar-refractivity contribution in [2.75, 3.05) is 18.6 Å². The summed E-state index contributed by atoms with van der Waals surface area (Å²) < 4.78 is 0. The maximum absolute atomic E-state index is 11.8. The number of amides is 1. The molecule has 0 aromatic carbocycles. The predicted molar refractivity (Wildman–Crippen MR) is 82.2 cm³/mol. The van der Waals surface area contributed by atoms with E-state index >= 15 is 0 Å². The zero-order valence-corrected chi connectivity index (χ0v) is 13.5. The number of hydrogen-bond acceptors (Lipinski definition) is 3. The van der Waals surface area contributed by atoms with Gasteiger partial charge in [0.2, 0.25) is 5.91 Å². The van der Waals surface area contributed by atoms with Crippen LogP contribution in [0.25, 0.3) is 0 Å². The first kappa shape index (κ1) is 17.8. The van der Waals surface area contributed by atoms with Gasteiger partial charge in [0.15, 0.2) is 0 Å². The summed E-state index contributed by atoms with van der Waals surface area (Å²) in [6, 6.07) is -0.101. The second-order valence-electron chi connectivity index (χ2n) is 5.82. The molecule has 1 amide bonds. The average molecular weight is 274 g/mol. The smallest absolute Gasteiger partial charge is 0.237 e. The highest BCUT2D eigenvalue weighted by Crippen LogP contribution is 2.04. The standard InChI is InChI=1S/C14H30N2OS/c1-12(13(17)16-14(2,3)4)15-10-8-6-7-9-11-18-5/h12,15H,6-11H2,1-5H3,(H,16,17). The summed E-state index contributed by atoms with van der Waals surface area (Å²) in [6.07, 6.45) is 7.16. The van der Waals surface area contributed by atoms with E-state index in [0.717, 1.165) is 13.0 Å². The minimum absolute atomic E-state index is 0.0879. The van der Waals surface area contributed by atoms with E-state index in [1.807, 2.05) is 39.5 Å². The maximum atomic E-state index is 11.8. The summed E-state index contributed by atoms with van der Waals surface area (Å²) >= 11 is 1.91. The molecular formula is C14H30N2OS. The van der Waals surface area contributed by atoms with E-state index in [1.165, 1.54) is 25.0 Å². The lowest BCUT2D eigenvalue weighted by atomic mass is 10.1. The van der Waals surface area contributed by atoms with Crippen LogP contribution in [0.1, 0.15) is 53.4 Å². The molecule has 1 atom stereocenters. The Morgan fingerprint density at radius 3 is 2.33 bits per heavy atom. The van der Waals surface area contributed by atoms with Crippen LogP contribution in [0.2, 0.25) is 0 Å². The fraction of sp³-hybridized carbons (Fsp3) is 0.929. The van der Waals surface area contributed by atoms with Gasteiger partial charge in [-0.05, 0) is 59.1 Å². The number of hydrogen-bond donors (Lipinski definition) is 2. The molecule has 18 heavy (non-hydrogen) atoms. The van der Waals surface area contributed by atoms with E-state index in [0.29, 0.717) is 0 Å². The molecule has 0 aliphatic rings. The van der Waals surface area contributed by atoms with Crippen molar-refractivity contribution < 1.29 is 4.79 Å². The third kappa shape index (κ3) is 10.9. The molecule has 0 rings (SSSR count). The summed E-state index contributed by atoms with van der Waals surface area (Å²) in [5, 5.41) is 6.26. The quantitative estimate of drug-likeness (QED) is 0.635. The second-order valence-corrected chi connectivity index (χ2v) is 6.81. The monoisotopic (exact) mass is 274 g/mol. The van der Waals surface area contributed by atoms with E-state index in [9.17, 15) is 4.79 Å². The van der Waals surface area contributed by atoms with E-state index in [4.69, 9.17) is 0 Å². The lowest BCUT2D eigenvalue weighted by Gasteiger charge is -2.23. The van der Waals surface area contributed by atoms with Crippen LogP contribution < -0.4 is 10.6 Å². The molecule has 0 radical (unpaired) electrons.